The van der Waals surface area contributed by atoms with Crippen LogP contribution in [-0.4, -0.2) is 46.5 Å². The van der Waals surface area contributed by atoms with Crippen molar-refractivity contribution in [3.63, 3.8) is 0 Å². The number of aryl methyl sites for hydroxylation is 2. The molecule has 0 fully saturated rings. The third-order valence-corrected chi connectivity index (χ3v) is 9.59. The van der Waals surface area contributed by atoms with Crippen molar-refractivity contribution in [1.29, 1.82) is 0 Å². The monoisotopic (exact) mass is 858 g/mol. The van der Waals surface area contributed by atoms with Crippen molar-refractivity contribution in [2.24, 2.45) is 14.1 Å². The summed E-state index contributed by atoms with van der Waals surface area (Å²) in [5, 5.41) is 22.0. The SMILES string of the molecule is Cc1c(-c2ccccc2)nc2ccc(Br)cc2c1C(=O)Nc1ccn(C)n1.Cc1c(-c2ccccc2)nc2ccc(Br)cc2c1C(=O)O.Cn1ccc(N)n1. The minimum atomic E-state index is -0.935. The lowest BCUT2D eigenvalue weighted by molar-refractivity contribution is 0.0698. The quantitative estimate of drug-likeness (QED) is 0.155. The molecule has 0 aliphatic rings. The van der Waals surface area contributed by atoms with Crippen molar-refractivity contribution >= 4 is 77.2 Å². The van der Waals surface area contributed by atoms with Crippen LogP contribution in [0.3, 0.4) is 0 Å². The lowest BCUT2D eigenvalue weighted by Crippen LogP contribution is -2.16. The summed E-state index contributed by atoms with van der Waals surface area (Å²) in [6, 6.07) is 34.3. The average Bonchev–Trinajstić information content (AvgIpc) is 3.76. The second-order valence-electron chi connectivity index (χ2n) is 12.5. The summed E-state index contributed by atoms with van der Waals surface area (Å²) in [6.07, 6.45) is 3.59. The Kier molecular flexibility index (Phi) is 11.8. The Hall–Kier alpha value is -6.18. The molecule has 4 aromatic heterocycles. The molecule has 0 radical (unpaired) electrons. The molecular weight excluding hydrogens is 824 g/mol. The van der Waals surface area contributed by atoms with Gasteiger partial charge in [0.15, 0.2) is 5.82 Å². The van der Waals surface area contributed by atoms with Crippen LogP contribution >= 0.6 is 31.9 Å². The first-order valence-corrected chi connectivity index (χ1v) is 18.6. The molecule has 0 saturated heterocycles. The number of pyridine rings is 2. The van der Waals surface area contributed by atoms with Crippen molar-refractivity contribution in [1.82, 2.24) is 29.5 Å². The zero-order valence-electron chi connectivity index (χ0n) is 30.3. The summed E-state index contributed by atoms with van der Waals surface area (Å²) >= 11 is 6.88. The minimum Gasteiger partial charge on any atom is -0.478 e. The molecular formula is C42H36Br2N8O3. The molecule has 4 aromatic carbocycles. The number of halogens is 2. The maximum atomic E-state index is 13.1. The second kappa shape index (κ2) is 16.9. The van der Waals surface area contributed by atoms with Crippen molar-refractivity contribution in [2.75, 3.05) is 11.1 Å². The number of amides is 1. The summed E-state index contributed by atoms with van der Waals surface area (Å²) in [4.78, 5) is 34.3. The van der Waals surface area contributed by atoms with Gasteiger partial charge in [-0.25, -0.2) is 14.8 Å². The Bertz CT molecular complexity index is 2640. The van der Waals surface area contributed by atoms with Crippen LogP contribution in [0, 0.1) is 13.8 Å². The highest BCUT2D eigenvalue weighted by atomic mass is 79.9. The molecule has 8 aromatic rings. The van der Waals surface area contributed by atoms with Crippen molar-refractivity contribution in [3.05, 3.63) is 153 Å². The molecule has 4 N–H and O–H groups in total. The number of carboxylic acid groups (broad SMARTS) is 1. The first-order valence-electron chi connectivity index (χ1n) is 17.0. The number of aromatic nitrogens is 6. The van der Waals surface area contributed by atoms with Gasteiger partial charge in [0, 0.05) is 63.4 Å². The number of carbonyl (C=O) groups excluding carboxylic acids is 1. The maximum absolute atomic E-state index is 13.1. The molecule has 55 heavy (non-hydrogen) atoms. The van der Waals surface area contributed by atoms with E-state index in [4.69, 9.17) is 10.7 Å². The van der Waals surface area contributed by atoms with E-state index in [1.165, 1.54) is 0 Å². The van der Waals surface area contributed by atoms with Crippen molar-refractivity contribution < 1.29 is 14.7 Å². The highest BCUT2D eigenvalue weighted by Gasteiger charge is 2.21. The van der Waals surface area contributed by atoms with Crippen LogP contribution in [0.2, 0.25) is 0 Å². The molecule has 0 spiro atoms. The van der Waals surface area contributed by atoms with Gasteiger partial charge >= 0.3 is 5.97 Å². The fourth-order valence-corrected chi connectivity index (χ4v) is 6.80. The number of nitrogens with two attached hydrogens (primary N) is 1. The lowest BCUT2D eigenvalue weighted by Gasteiger charge is -2.14. The van der Waals surface area contributed by atoms with Crippen LogP contribution in [0.25, 0.3) is 44.3 Å². The standard InChI is InChI=1S/C21H17BrN4O.C17H12BrNO2.C4H7N3/c1-13-19(21(27)24-18-10-11-26(2)25-18)16-12-15(22)8-9-17(16)23-20(13)14-6-4-3-5-7-14;1-10-15(17(20)21)13-9-12(18)7-8-14(13)19-16(10)11-5-3-2-4-6-11;1-7-3-2-4(5)6-7/h3-12H,1-2H3,(H,24,25,27);2-9H,1H3,(H,20,21);2-3H,1H3,(H2,5,6). The van der Waals surface area contributed by atoms with Gasteiger partial charge in [-0.3, -0.25) is 14.2 Å². The van der Waals surface area contributed by atoms with E-state index in [1.807, 2.05) is 112 Å². The van der Waals surface area contributed by atoms with E-state index < -0.39 is 5.97 Å². The van der Waals surface area contributed by atoms with Gasteiger partial charge in [0.2, 0.25) is 0 Å². The summed E-state index contributed by atoms with van der Waals surface area (Å²) in [5.41, 5.74) is 12.5. The first kappa shape index (κ1) is 38.5. The minimum absolute atomic E-state index is 0.200. The summed E-state index contributed by atoms with van der Waals surface area (Å²) in [7, 11) is 3.64. The van der Waals surface area contributed by atoms with Gasteiger partial charge < -0.3 is 16.2 Å². The van der Waals surface area contributed by atoms with Gasteiger partial charge in [-0.05, 0) is 67.4 Å². The molecule has 0 saturated carbocycles. The van der Waals surface area contributed by atoms with Gasteiger partial charge in [-0.15, -0.1) is 0 Å². The largest absolute Gasteiger partial charge is 0.478 e. The molecule has 0 bridgehead atoms. The number of nitrogens with one attached hydrogen (secondary N) is 1. The van der Waals surface area contributed by atoms with E-state index in [9.17, 15) is 14.7 Å². The number of aromatic carboxylic acids is 1. The van der Waals surface area contributed by atoms with Crippen LogP contribution in [-0.2, 0) is 14.1 Å². The van der Waals surface area contributed by atoms with Gasteiger partial charge in [-0.1, -0.05) is 92.5 Å². The number of nitrogens with zero attached hydrogens (tertiary/aromatic N) is 6. The lowest BCUT2D eigenvalue weighted by atomic mass is 9.97. The molecule has 0 aliphatic carbocycles. The topological polar surface area (TPSA) is 154 Å². The van der Waals surface area contributed by atoms with Gasteiger partial charge in [0.25, 0.3) is 5.91 Å². The zero-order chi connectivity index (χ0) is 39.2. The number of hydrogen-bond donors (Lipinski definition) is 3. The highest BCUT2D eigenvalue weighted by molar-refractivity contribution is 9.10. The number of benzene rings is 4. The third-order valence-electron chi connectivity index (χ3n) is 8.61. The van der Waals surface area contributed by atoms with E-state index in [0.717, 1.165) is 42.2 Å². The molecule has 8 rings (SSSR count). The number of carbonyl (C=O) groups is 2. The van der Waals surface area contributed by atoms with E-state index in [1.54, 1.807) is 46.9 Å². The third kappa shape index (κ3) is 8.97. The normalized spacial score (nSPS) is 10.7. The predicted octanol–water partition coefficient (Wildman–Crippen LogP) is 9.63. The van der Waals surface area contributed by atoms with Crippen molar-refractivity contribution in [2.45, 2.75) is 13.8 Å². The summed E-state index contributed by atoms with van der Waals surface area (Å²) < 4.78 is 5.05. The van der Waals surface area contributed by atoms with Crippen LogP contribution in [0.1, 0.15) is 31.8 Å². The first-order chi connectivity index (χ1) is 26.4. The number of hydrogen-bond acceptors (Lipinski definition) is 7. The Morgan fingerprint density at radius 3 is 1.55 bits per heavy atom. The van der Waals surface area contributed by atoms with E-state index >= 15 is 0 Å². The van der Waals surface area contributed by atoms with Crippen LogP contribution in [0.5, 0.6) is 0 Å². The second-order valence-corrected chi connectivity index (χ2v) is 14.4. The molecule has 276 valence electrons. The maximum Gasteiger partial charge on any atom is 0.336 e. The number of nitrogen functional groups attached to an aromatic ring is 1. The molecule has 1 amide bonds. The summed E-state index contributed by atoms with van der Waals surface area (Å²) in [5.74, 6) is -0.0466. The molecule has 0 unspecified atom stereocenters. The number of rotatable bonds is 5. The number of anilines is 2. The Labute approximate surface area is 334 Å². The van der Waals surface area contributed by atoms with Gasteiger partial charge in [0.05, 0.1) is 33.5 Å². The van der Waals surface area contributed by atoms with Crippen LogP contribution in [0.4, 0.5) is 11.6 Å². The van der Waals surface area contributed by atoms with E-state index in [-0.39, 0.29) is 5.91 Å². The number of carboxylic acids is 1. The predicted molar refractivity (Wildman–Crippen MR) is 225 cm³/mol. The van der Waals surface area contributed by atoms with Crippen molar-refractivity contribution in [3.8, 4) is 22.5 Å². The van der Waals surface area contributed by atoms with Gasteiger partial charge in [-0.2, -0.15) is 10.2 Å². The molecule has 0 aliphatic heterocycles. The average molecular weight is 861 g/mol. The molecule has 13 heteroatoms. The molecule has 4 heterocycles. The van der Waals surface area contributed by atoms with Crippen LogP contribution in [0.15, 0.2) is 131 Å². The molecule has 0 atom stereocenters. The van der Waals surface area contributed by atoms with Crippen LogP contribution < -0.4 is 11.1 Å². The Morgan fingerprint density at radius 2 is 1.13 bits per heavy atom. The van der Waals surface area contributed by atoms with Gasteiger partial charge in [0.1, 0.15) is 5.82 Å². The Morgan fingerprint density at radius 1 is 0.655 bits per heavy atom. The Balaban J connectivity index is 0.000000162. The highest BCUT2D eigenvalue weighted by Crippen LogP contribution is 2.33. The van der Waals surface area contributed by atoms with E-state index in [0.29, 0.717) is 44.9 Å². The molecule has 11 nitrogen and oxygen atoms in total. The van der Waals surface area contributed by atoms with E-state index in [2.05, 4.69) is 52.4 Å². The fraction of sp³-hybridized carbons (Fsp3) is 0.0952. The smallest absolute Gasteiger partial charge is 0.336 e. The fourth-order valence-electron chi connectivity index (χ4n) is 6.08. The zero-order valence-corrected chi connectivity index (χ0v) is 33.5. The number of fused-ring (bicyclic) bond motifs is 2. The summed E-state index contributed by atoms with van der Waals surface area (Å²) in [6.45, 7) is 3.74.